The molecule has 6 nitrogen and oxygen atoms in total. The molecule has 3 aromatic carbocycles. The number of carbonyl (C=O) groups excluding carboxylic acids is 2. The van der Waals surface area contributed by atoms with Crippen molar-refractivity contribution in [1.29, 1.82) is 0 Å². The first-order chi connectivity index (χ1) is 14.7. The summed E-state index contributed by atoms with van der Waals surface area (Å²) in [5.74, 6) is 0.665. The second kappa shape index (κ2) is 7.48. The molecule has 2 amide bonds. The lowest BCUT2D eigenvalue weighted by molar-refractivity contribution is -0.117. The van der Waals surface area contributed by atoms with Crippen LogP contribution in [0.1, 0.15) is 23.2 Å². The number of hydrogen-bond donors (Lipinski definition) is 3. The van der Waals surface area contributed by atoms with Gasteiger partial charge >= 0.3 is 0 Å². The molecule has 1 saturated carbocycles. The fourth-order valence-corrected chi connectivity index (χ4v) is 3.37. The maximum absolute atomic E-state index is 12.8. The van der Waals surface area contributed by atoms with Crippen LogP contribution in [0.4, 0.5) is 11.4 Å². The number of fused-ring (bicyclic) bond motifs is 1. The summed E-state index contributed by atoms with van der Waals surface area (Å²) in [5, 5.41) is 5.85. The zero-order valence-electron chi connectivity index (χ0n) is 16.2. The SMILES string of the molecule is O=C(Nc1ccccc1-c1nc2ccccc2[nH]1)c1ccc(NC(=O)C2CC2)cc1. The number of para-hydroxylation sites is 3. The number of nitrogens with one attached hydrogen (secondary N) is 3. The lowest BCUT2D eigenvalue weighted by Crippen LogP contribution is -2.14. The molecule has 5 rings (SSSR count). The molecule has 3 N–H and O–H groups in total. The van der Waals surface area contributed by atoms with E-state index in [-0.39, 0.29) is 17.7 Å². The standard InChI is InChI=1S/C24H20N4O2/c29-23(15-9-10-15)25-17-13-11-16(12-14-17)24(30)28-19-6-2-1-5-18(19)22-26-20-7-3-4-8-21(20)27-22/h1-8,11-15H,9-10H2,(H,25,29)(H,26,27)(H,28,30). The molecule has 4 aromatic rings. The van der Waals surface area contributed by atoms with Crippen molar-refractivity contribution in [2.24, 2.45) is 5.92 Å². The molecular formula is C24H20N4O2. The minimum absolute atomic E-state index is 0.0481. The molecule has 0 saturated heterocycles. The Kier molecular flexibility index (Phi) is 4.52. The molecule has 0 bridgehead atoms. The summed E-state index contributed by atoms with van der Waals surface area (Å²) >= 11 is 0. The molecular weight excluding hydrogens is 376 g/mol. The van der Waals surface area contributed by atoms with Gasteiger partial charge in [-0.2, -0.15) is 0 Å². The first-order valence-electron chi connectivity index (χ1n) is 9.94. The third-order valence-electron chi connectivity index (χ3n) is 5.18. The number of anilines is 2. The normalized spacial score (nSPS) is 13.2. The van der Waals surface area contributed by atoms with E-state index in [0.717, 1.165) is 29.4 Å². The van der Waals surface area contributed by atoms with E-state index >= 15 is 0 Å². The van der Waals surface area contributed by atoms with Crippen LogP contribution in [-0.4, -0.2) is 21.8 Å². The van der Waals surface area contributed by atoms with Crippen molar-refractivity contribution >= 4 is 34.2 Å². The van der Waals surface area contributed by atoms with Gasteiger partial charge in [0.25, 0.3) is 5.91 Å². The molecule has 0 atom stereocenters. The van der Waals surface area contributed by atoms with Crippen molar-refractivity contribution < 1.29 is 9.59 Å². The van der Waals surface area contributed by atoms with E-state index in [1.807, 2.05) is 48.5 Å². The quantitative estimate of drug-likeness (QED) is 0.451. The number of amides is 2. The molecule has 1 heterocycles. The summed E-state index contributed by atoms with van der Waals surface area (Å²) in [7, 11) is 0. The van der Waals surface area contributed by atoms with Crippen LogP contribution >= 0.6 is 0 Å². The maximum atomic E-state index is 12.8. The highest BCUT2D eigenvalue weighted by Crippen LogP contribution is 2.30. The third-order valence-corrected chi connectivity index (χ3v) is 5.18. The number of benzene rings is 3. The molecule has 0 unspecified atom stereocenters. The molecule has 1 aliphatic rings. The summed E-state index contributed by atoms with van der Waals surface area (Å²) in [4.78, 5) is 32.6. The first-order valence-corrected chi connectivity index (χ1v) is 9.94. The predicted octanol–water partition coefficient (Wildman–Crippen LogP) is 4.83. The van der Waals surface area contributed by atoms with E-state index in [2.05, 4.69) is 20.6 Å². The average molecular weight is 396 g/mol. The number of nitrogens with zero attached hydrogens (tertiary/aromatic N) is 1. The topological polar surface area (TPSA) is 86.9 Å². The number of hydrogen-bond acceptors (Lipinski definition) is 3. The molecule has 1 aliphatic carbocycles. The van der Waals surface area contributed by atoms with Gasteiger partial charge in [-0.05, 0) is 61.4 Å². The van der Waals surface area contributed by atoms with Crippen molar-refractivity contribution in [2.45, 2.75) is 12.8 Å². The van der Waals surface area contributed by atoms with Gasteiger partial charge in [0.15, 0.2) is 0 Å². The second-order valence-electron chi connectivity index (χ2n) is 7.44. The van der Waals surface area contributed by atoms with Gasteiger partial charge in [-0.15, -0.1) is 0 Å². The molecule has 0 spiro atoms. The van der Waals surface area contributed by atoms with Crippen LogP contribution in [0.5, 0.6) is 0 Å². The highest BCUT2D eigenvalue weighted by molar-refractivity contribution is 6.06. The van der Waals surface area contributed by atoms with Gasteiger partial charge in [0.1, 0.15) is 5.82 Å². The van der Waals surface area contributed by atoms with E-state index < -0.39 is 0 Å². The Labute approximate surface area is 173 Å². The molecule has 1 aromatic heterocycles. The minimum Gasteiger partial charge on any atom is -0.338 e. The lowest BCUT2D eigenvalue weighted by Gasteiger charge is -2.10. The van der Waals surface area contributed by atoms with Crippen molar-refractivity contribution in [3.8, 4) is 11.4 Å². The Morgan fingerprint density at radius 3 is 2.37 bits per heavy atom. The third kappa shape index (κ3) is 3.67. The largest absolute Gasteiger partial charge is 0.338 e. The minimum atomic E-state index is -0.223. The second-order valence-corrected chi connectivity index (χ2v) is 7.44. The van der Waals surface area contributed by atoms with Crippen LogP contribution in [0, 0.1) is 5.92 Å². The van der Waals surface area contributed by atoms with Gasteiger partial charge in [0.2, 0.25) is 5.91 Å². The Morgan fingerprint density at radius 2 is 1.60 bits per heavy atom. The Balaban J connectivity index is 1.35. The zero-order chi connectivity index (χ0) is 20.5. The molecule has 6 heteroatoms. The lowest BCUT2D eigenvalue weighted by atomic mass is 10.1. The van der Waals surface area contributed by atoms with Crippen LogP contribution in [0.15, 0.2) is 72.8 Å². The number of aromatic nitrogens is 2. The fourth-order valence-electron chi connectivity index (χ4n) is 3.37. The Hall–Kier alpha value is -3.93. The summed E-state index contributed by atoms with van der Waals surface area (Å²) in [6.45, 7) is 0. The Morgan fingerprint density at radius 1 is 0.867 bits per heavy atom. The number of aromatic amines is 1. The zero-order valence-corrected chi connectivity index (χ0v) is 16.2. The van der Waals surface area contributed by atoms with E-state index in [4.69, 9.17) is 0 Å². The number of carbonyl (C=O) groups is 2. The van der Waals surface area contributed by atoms with Gasteiger partial charge in [0.05, 0.1) is 16.7 Å². The summed E-state index contributed by atoms with van der Waals surface area (Å²) < 4.78 is 0. The van der Waals surface area contributed by atoms with Crippen LogP contribution in [0.2, 0.25) is 0 Å². The van der Waals surface area contributed by atoms with Gasteiger partial charge in [-0.25, -0.2) is 4.98 Å². The highest BCUT2D eigenvalue weighted by atomic mass is 16.2. The smallest absolute Gasteiger partial charge is 0.255 e. The predicted molar refractivity (Wildman–Crippen MR) is 117 cm³/mol. The van der Waals surface area contributed by atoms with Crippen LogP contribution in [0.3, 0.4) is 0 Å². The van der Waals surface area contributed by atoms with Crippen molar-refractivity contribution in [2.75, 3.05) is 10.6 Å². The summed E-state index contributed by atoms with van der Waals surface area (Å²) in [6.07, 6.45) is 1.91. The molecule has 0 radical (unpaired) electrons. The highest BCUT2D eigenvalue weighted by Gasteiger charge is 2.29. The van der Waals surface area contributed by atoms with Crippen molar-refractivity contribution in [1.82, 2.24) is 9.97 Å². The van der Waals surface area contributed by atoms with E-state index in [0.29, 0.717) is 22.8 Å². The van der Waals surface area contributed by atoms with E-state index in [9.17, 15) is 9.59 Å². The molecule has 30 heavy (non-hydrogen) atoms. The number of H-pyrrole nitrogens is 1. The number of rotatable bonds is 5. The van der Waals surface area contributed by atoms with Gasteiger partial charge in [0, 0.05) is 22.7 Å². The molecule has 0 aliphatic heterocycles. The maximum Gasteiger partial charge on any atom is 0.255 e. The van der Waals surface area contributed by atoms with Crippen LogP contribution < -0.4 is 10.6 Å². The van der Waals surface area contributed by atoms with Gasteiger partial charge in [-0.3, -0.25) is 9.59 Å². The first kappa shape index (κ1) is 18.1. The average Bonchev–Trinajstić information content (AvgIpc) is 3.53. The Bertz CT molecular complexity index is 1210. The molecule has 148 valence electrons. The van der Waals surface area contributed by atoms with E-state index in [1.165, 1.54) is 0 Å². The van der Waals surface area contributed by atoms with Crippen LogP contribution in [0.25, 0.3) is 22.4 Å². The van der Waals surface area contributed by atoms with Gasteiger partial charge < -0.3 is 15.6 Å². The monoisotopic (exact) mass is 396 g/mol. The van der Waals surface area contributed by atoms with Crippen molar-refractivity contribution in [3.63, 3.8) is 0 Å². The summed E-state index contributed by atoms with van der Waals surface area (Å²) in [6, 6.07) is 22.3. The van der Waals surface area contributed by atoms with E-state index in [1.54, 1.807) is 24.3 Å². The van der Waals surface area contributed by atoms with Crippen LogP contribution in [-0.2, 0) is 4.79 Å². The fraction of sp³-hybridized carbons (Fsp3) is 0.125. The number of imidazole rings is 1. The summed E-state index contributed by atoms with van der Waals surface area (Å²) in [5.41, 5.74) is 4.52. The van der Waals surface area contributed by atoms with Gasteiger partial charge in [-0.1, -0.05) is 24.3 Å². The van der Waals surface area contributed by atoms with Crippen molar-refractivity contribution in [3.05, 3.63) is 78.4 Å². The molecule has 1 fully saturated rings.